The molecule has 0 aliphatic rings. The van der Waals surface area contributed by atoms with E-state index in [1.165, 1.54) is 44.5 Å². The largest absolute Gasteiger partial charge is 0.337 e. The van der Waals surface area contributed by atoms with E-state index in [9.17, 15) is 18.4 Å². The Morgan fingerprint density at radius 1 is 1.23 bits per heavy atom. The van der Waals surface area contributed by atoms with Crippen LogP contribution in [0.15, 0.2) is 52.2 Å². The van der Waals surface area contributed by atoms with Gasteiger partial charge in [0.05, 0.1) is 17.8 Å². The van der Waals surface area contributed by atoms with Gasteiger partial charge in [-0.3, -0.25) is 14.2 Å². The van der Waals surface area contributed by atoms with Gasteiger partial charge in [-0.25, -0.2) is 13.8 Å². The summed E-state index contributed by atoms with van der Waals surface area (Å²) in [5.41, 5.74) is 0.989. The number of hydrogen-bond donors (Lipinski definition) is 0. The van der Waals surface area contributed by atoms with Crippen molar-refractivity contribution in [2.45, 2.75) is 19.5 Å². The lowest BCUT2D eigenvalue weighted by molar-refractivity contribution is -0.132. The molecule has 1 atom stereocenters. The maximum absolute atomic E-state index is 13.5. The Labute approximate surface area is 178 Å². The van der Waals surface area contributed by atoms with Gasteiger partial charge in [0.15, 0.2) is 11.6 Å². The predicted octanol–water partition coefficient (Wildman–Crippen LogP) is 4.68. The molecule has 30 heavy (non-hydrogen) atoms. The number of carbonyl (C=O) groups is 1. The van der Waals surface area contributed by atoms with Gasteiger partial charge in [-0.15, -0.1) is 22.7 Å². The maximum Gasteiger partial charge on any atom is 0.263 e. The number of aromatic nitrogens is 2. The second-order valence-corrected chi connectivity index (χ2v) is 8.64. The van der Waals surface area contributed by atoms with E-state index in [-0.39, 0.29) is 18.0 Å². The fraction of sp³-hybridized carbons (Fsp3) is 0.190. The molecule has 3 aromatic heterocycles. The molecule has 0 radical (unpaired) electrons. The van der Waals surface area contributed by atoms with Crippen LogP contribution in [0.2, 0.25) is 0 Å². The molecule has 0 spiro atoms. The standard InChI is InChI=1S/C21H17F2N3O2S2/c1-12(13-5-6-15(22)16(23)8-13)25(2)18(27)9-26-11-24-20-19(21(26)28)14(10-30-20)17-4-3-7-29-17/h3-8,10-12H,9H2,1-2H3. The summed E-state index contributed by atoms with van der Waals surface area (Å²) >= 11 is 2.92. The van der Waals surface area contributed by atoms with Crippen LogP contribution in [-0.2, 0) is 11.3 Å². The quantitative estimate of drug-likeness (QED) is 0.448. The smallest absolute Gasteiger partial charge is 0.263 e. The van der Waals surface area contributed by atoms with Gasteiger partial charge in [0.2, 0.25) is 5.91 Å². The molecule has 0 saturated heterocycles. The molecule has 0 fully saturated rings. The number of halogens is 2. The van der Waals surface area contributed by atoms with Crippen LogP contribution in [0, 0.1) is 11.6 Å². The lowest BCUT2D eigenvalue weighted by atomic mass is 10.1. The Morgan fingerprint density at radius 3 is 2.73 bits per heavy atom. The Hall–Kier alpha value is -2.91. The van der Waals surface area contributed by atoms with Crippen LogP contribution in [-0.4, -0.2) is 27.4 Å². The zero-order valence-electron chi connectivity index (χ0n) is 16.1. The fourth-order valence-corrected chi connectivity index (χ4v) is 4.88. The lowest BCUT2D eigenvalue weighted by Gasteiger charge is -2.25. The van der Waals surface area contributed by atoms with E-state index in [0.29, 0.717) is 15.8 Å². The summed E-state index contributed by atoms with van der Waals surface area (Å²) in [5.74, 6) is -2.25. The van der Waals surface area contributed by atoms with E-state index < -0.39 is 17.7 Å². The molecule has 154 valence electrons. The summed E-state index contributed by atoms with van der Waals surface area (Å²) in [5, 5.41) is 4.33. The van der Waals surface area contributed by atoms with Gasteiger partial charge in [0.1, 0.15) is 11.4 Å². The van der Waals surface area contributed by atoms with Gasteiger partial charge >= 0.3 is 0 Å². The first-order valence-electron chi connectivity index (χ1n) is 9.08. The van der Waals surface area contributed by atoms with Crippen LogP contribution >= 0.6 is 22.7 Å². The normalized spacial score (nSPS) is 12.3. The molecule has 0 aliphatic carbocycles. The summed E-state index contributed by atoms with van der Waals surface area (Å²) in [4.78, 5) is 33.2. The molecule has 4 rings (SSSR count). The number of carbonyl (C=O) groups excluding carboxylic acids is 1. The SMILES string of the molecule is CC(c1ccc(F)c(F)c1)N(C)C(=O)Cn1cnc2scc(-c3cccs3)c2c1=O. The van der Waals surface area contributed by atoms with Crippen molar-refractivity contribution in [1.29, 1.82) is 0 Å². The molecule has 1 aromatic carbocycles. The van der Waals surface area contributed by atoms with Gasteiger partial charge in [0.25, 0.3) is 5.56 Å². The van der Waals surface area contributed by atoms with E-state index >= 15 is 0 Å². The Kier molecular flexibility index (Phi) is 5.48. The van der Waals surface area contributed by atoms with Crippen molar-refractivity contribution in [2.24, 2.45) is 0 Å². The molecule has 3 heterocycles. The minimum Gasteiger partial charge on any atom is -0.337 e. The summed E-state index contributed by atoms with van der Waals surface area (Å²) in [7, 11) is 1.56. The van der Waals surface area contributed by atoms with Crippen molar-refractivity contribution >= 4 is 38.8 Å². The average Bonchev–Trinajstić information content (AvgIpc) is 3.40. The third-order valence-electron chi connectivity index (χ3n) is 5.05. The average molecular weight is 446 g/mol. The zero-order chi connectivity index (χ0) is 21.4. The number of fused-ring (bicyclic) bond motifs is 1. The number of likely N-dealkylation sites (N-methyl/N-ethyl adjacent to an activating group) is 1. The minimum absolute atomic E-state index is 0.202. The van der Waals surface area contributed by atoms with Gasteiger partial charge in [0, 0.05) is 22.9 Å². The molecule has 1 unspecified atom stereocenters. The van der Waals surface area contributed by atoms with Crippen molar-refractivity contribution in [3.63, 3.8) is 0 Å². The van der Waals surface area contributed by atoms with E-state index in [1.54, 1.807) is 14.0 Å². The maximum atomic E-state index is 13.5. The molecule has 0 bridgehead atoms. The molecule has 0 saturated carbocycles. The highest BCUT2D eigenvalue weighted by molar-refractivity contribution is 7.18. The van der Waals surface area contributed by atoms with Crippen LogP contribution in [0.25, 0.3) is 20.7 Å². The highest BCUT2D eigenvalue weighted by Crippen LogP contribution is 2.33. The Morgan fingerprint density at radius 2 is 2.03 bits per heavy atom. The third-order valence-corrected chi connectivity index (χ3v) is 6.84. The zero-order valence-corrected chi connectivity index (χ0v) is 17.8. The predicted molar refractivity (Wildman–Crippen MR) is 115 cm³/mol. The second-order valence-electron chi connectivity index (χ2n) is 6.84. The molecular weight excluding hydrogens is 428 g/mol. The highest BCUT2D eigenvalue weighted by atomic mass is 32.1. The Balaban J connectivity index is 1.61. The number of nitrogens with zero attached hydrogens (tertiary/aromatic N) is 3. The van der Waals surface area contributed by atoms with E-state index in [4.69, 9.17) is 0 Å². The molecule has 0 aliphatic heterocycles. The van der Waals surface area contributed by atoms with E-state index in [2.05, 4.69) is 4.98 Å². The van der Waals surface area contributed by atoms with Crippen molar-refractivity contribution in [3.05, 3.63) is 75.0 Å². The Bertz CT molecular complexity index is 1280. The monoisotopic (exact) mass is 445 g/mol. The van der Waals surface area contributed by atoms with Crippen LogP contribution in [0.4, 0.5) is 8.78 Å². The minimum atomic E-state index is -0.968. The van der Waals surface area contributed by atoms with Gasteiger partial charge in [-0.05, 0) is 36.1 Å². The van der Waals surface area contributed by atoms with Gasteiger partial charge < -0.3 is 4.90 Å². The van der Waals surface area contributed by atoms with Crippen LogP contribution in [0.5, 0.6) is 0 Å². The summed E-state index contributed by atoms with van der Waals surface area (Å²) in [6, 6.07) is 6.89. The van der Waals surface area contributed by atoms with Crippen molar-refractivity contribution in [2.75, 3.05) is 7.05 Å². The van der Waals surface area contributed by atoms with Crippen molar-refractivity contribution < 1.29 is 13.6 Å². The van der Waals surface area contributed by atoms with Crippen LogP contribution < -0.4 is 5.56 Å². The van der Waals surface area contributed by atoms with E-state index in [0.717, 1.165) is 22.6 Å². The molecule has 9 heteroatoms. The third kappa shape index (κ3) is 3.66. The molecule has 5 nitrogen and oxygen atoms in total. The van der Waals surface area contributed by atoms with E-state index in [1.807, 2.05) is 22.9 Å². The second kappa shape index (κ2) is 8.08. The number of hydrogen-bond acceptors (Lipinski definition) is 5. The number of rotatable bonds is 5. The highest BCUT2D eigenvalue weighted by Gasteiger charge is 2.21. The number of amides is 1. The van der Waals surface area contributed by atoms with Crippen LogP contribution in [0.1, 0.15) is 18.5 Å². The molecule has 4 aromatic rings. The number of benzene rings is 1. The molecule has 1 amide bonds. The van der Waals surface area contributed by atoms with Crippen molar-refractivity contribution in [1.82, 2.24) is 14.5 Å². The number of thiophene rings is 2. The van der Waals surface area contributed by atoms with Gasteiger partial charge in [-0.1, -0.05) is 12.1 Å². The fourth-order valence-electron chi connectivity index (χ4n) is 3.16. The van der Waals surface area contributed by atoms with Crippen molar-refractivity contribution in [3.8, 4) is 10.4 Å². The first-order chi connectivity index (χ1) is 14.4. The summed E-state index contributed by atoms with van der Waals surface area (Å²) < 4.78 is 28.0. The van der Waals surface area contributed by atoms with Crippen LogP contribution in [0.3, 0.4) is 0 Å². The first kappa shape index (κ1) is 20.4. The summed E-state index contributed by atoms with van der Waals surface area (Å²) in [6.07, 6.45) is 1.37. The molecule has 0 N–H and O–H groups in total. The molecular formula is C21H17F2N3O2S2. The lowest BCUT2D eigenvalue weighted by Crippen LogP contribution is -2.35. The topological polar surface area (TPSA) is 55.2 Å². The van der Waals surface area contributed by atoms with Gasteiger partial charge in [-0.2, -0.15) is 0 Å². The first-order valence-corrected chi connectivity index (χ1v) is 10.8. The summed E-state index contributed by atoms with van der Waals surface area (Å²) in [6.45, 7) is 1.51.